The minimum absolute atomic E-state index is 0.0308. The van der Waals surface area contributed by atoms with Crippen molar-refractivity contribution in [2.75, 3.05) is 13.1 Å². The van der Waals surface area contributed by atoms with Gasteiger partial charge in [0, 0.05) is 12.6 Å². The van der Waals surface area contributed by atoms with Gasteiger partial charge >= 0.3 is 0 Å². The molecule has 1 aromatic rings. The maximum absolute atomic E-state index is 12.1. The first-order chi connectivity index (χ1) is 9.52. The summed E-state index contributed by atoms with van der Waals surface area (Å²) in [6.07, 6.45) is 5.07. The molecule has 0 unspecified atom stereocenters. The lowest BCUT2D eigenvalue weighted by Crippen LogP contribution is -2.38. The van der Waals surface area contributed by atoms with Gasteiger partial charge in [-0.05, 0) is 25.0 Å². The van der Waals surface area contributed by atoms with Crippen molar-refractivity contribution in [1.29, 1.82) is 0 Å². The minimum atomic E-state index is -0.488. The Morgan fingerprint density at radius 1 is 1.35 bits per heavy atom. The molecule has 2 N–H and O–H groups in total. The van der Waals surface area contributed by atoms with Crippen molar-refractivity contribution in [3.63, 3.8) is 0 Å². The zero-order chi connectivity index (χ0) is 15.0. The SMILES string of the molecule is CCCCN(CC(N)=O)C(=O)C=Cc1cccc(C)c1. The van der Waals surface area contributed by atoms with E-state index in [4.69, 9.17) is 5.73 Å². The fourth-order valence-corrected chi connectivity index (χ4v) is 1.85. The van der Waals surface area contributed by atoms with Crippen LogP contribution in [0.1, 0.15) is 30.9 Å². The summed E-state index contributed by atoms with van der Waals surface area (Å²) in [6.45, 7) is 4.56. The van der Waals surface area contributed by atoms with E-state index in [1.165, 1.54) is 11.0 Å². The Bertz CT molecular complexity index is 495. The van der Waals surface area contributed by atoms with E-state index in [0.717, 1.165) is 24.0 Å². The largest absolute Gasteiger partial charge is 0.368 e. The predicted molar refractivity (Wildman–Crippen MR) is 80.9 cm³/mol. The molecule has 108 valence electrons. The van der Waals surface area contributed by atoms with Crippen LogP contribution < -0.4 is 5.73 Å². The van der Waals surface area contributed by atoms with Gasteiger partial charge in [-0.25, -0.2) is 0 Å². The van der Waals surface area contributed by atoms with E-state index in [1.807, 2.05) is 38.1 Å². The second-order valence-electron chi connectivity index (χ2n) is 4.83. The molecule has 4 nitrogen and oxygen atoms in total. The molecule has 0 aliphatic rings. The van der Waals surface area contributed by atoms with Gasteiger partial charge in [0.2, 0.25) is 11.8 Å². The van der Waals surface area contributed by atoms with Crippen molar-refractivity contribution in [2.45, 2.75) is 26.7 Å². The van der Waals surface area contributed by atoms with E-state index in [0.29, 0.717) is 6.54 Å². The number of rotatable bonds is 7. The number of hydrogen-bond donors (Lipinski definition) is 1. The van der Waals surface area contributed by atoms with Crippen LogP contribution in [0.4, 0.5) is 0 Å². The number of nitrogens with zero attached hydrogens (tertiary/aromatic N) is 1. The van der Waals surface area contributed by atoms with Gasteiger partial charge < -0.3 is 10.6 Å². The first-order valence-electron chi connectivity index (χ1n) is 6.85. The van der Waals surface area contributed by atoms with Crippen LogP contribution >= 0.6 is 0 Å². The Hall–Kier alpha value is -2.10. The van der Waals surface area contributed by atoms with Crippen LogP contribution in [-0.4, -0.2) is 29.8 Å². The summed E-state index contributed by atoms with van der Waals surface area (Å²) in [7, 11) is 0. The molecule has 0 radical (unpaired) electrons. The molecule has 0 heterocycles. The lowest BCUT2D eigenvalue weighted by molar-refractivity contribution is -0.131. The molecule has 0 saturated heterocycles. The lowest BCUT2D eigenvalue weighted by atomic mass is 10.1. The summed E-state index contributed by atoms with van der Waals surface area (Å²) in [4.78, 5) is 24.6. The Kier molecular flexibility index (Phi) is 6.50. The number of amides is 2. The van der Waals surface area contributed by atoms with Crippen molar-refractivity contribution in [1.82, 2.24) is 4.90 Å². The van der Waals surface area contributed by atoms with Crippen LogP contribution in [0.25, 0.3) is 6.08 Å². The number of primary amides is 1. The fraction of sp³-hybridized carbons (Fsp3) is 0.375. The molecule has 0 aromatic heterocycles. The highest BCUT2D eigenvalue weighted by molar-refractivity contribution is 5.94. The average Bonchev–Trinajstić information content (AvgIpc) is 2.40. The standard InChI is InChI=1S/C16H22N2O2/c1-3-4-10-18(12-15(17)19)16(20)9-8-14-7-5-6-13(2)11-14/h5-9,11H,3-4,10,12H2,1-2H3,(H2,17,19). The number of carbonyl (C=O) groups is 2. The van der Waals surface area contributed by atoms with Gasteiger partial charge in [0.25, 0.3) is 0 Å². The third-order valence-electron chi connectivity index (χ3n) is 2.90. The Morgan fingerprint density at radius 2 is 2.10 bits per heavy atom. The maximum atomic E-state index is 12.1. The Labute approximate surface area is 120 Å². The summed E-state index contributed by atoms with van der Waals surface area (Å²) in [5, 5.41) is 0. The van der Waals surface area contributed by atoms with Crippen LogP contribution in [0.5, 0.6) is 0 Å². The van der Waals surface area contributed by atoms with Gasteiger partial charge in [-0.2, -0.15) is 0 Å². The van der Waals surface area contributed by atoms with Gasteiger partial charge in [0.05, 0.1) is 6.54 Å². The smallest absolute Gasteiger partial charge is 0.247 e. The molecule has 0 spiro atoms. The Balaban J connectivity index is 2.71. The minimum Gasteiger partial charge on any atom is -0.368 e. The molecule has 20 heavy (non-hydrogen) atoms. The first-order valence-corrected chi connectivity index (χ1v) is 6.85. The number of benzene rings is 1. The molecule has 4 heteroatoms. The fourth-order valence-electron chi connectivity index (χ4n) is 1.85. The molecule has 1 rings (SSSR count). The molecule has 2 amide bonds. The molecule has 0 fully saturated rings. The normalized spacial score (nSPS) is 10.7. The lowest BCUT2D eigenvalue weighted by Gasteiger charge is -2.19. The van der Waals surface area contributed by atoms with E-state index < -0.39 is 5.91 Å². The topological polar surface area (TPSA) is 63.4 Å². The van der Waals surface area contributed by atoms with Crippen molar-refractivity contribution in [3.8, 4) is 0 Å². The zero-order valence-corrected chi connectivity index (χ0v) is 12.1. The van der Waals surface area contributed by atoms with E-state index in [9.17, 15) is 9.59 Å². The molecular formula is C16H22N2O2. The van der Waals surface area contributed by atoms with Gasteiger partial charge in [0.1, 0.15) is 0 Å². The molecule has 0 bridgehead atoms. The van der Waals surface area contributed by atoms with Crippen LogP contribution in [0.2, 0.25) is 0 Å². The van der Waals surface area contributed by atoms with Crippen LogP contribution in [0.15, 0.2) is 30.3 Å². The summed E-state index contributed by atoms with van der Waals surface area (Å²) < 4.78 is 0. The summed E-state index contributed by atoms with van der Waals surface area (Å²) in [6, 6.07) is 7.87. The van der Waals surface area contributed by atoms with Crippen LogP contribution in [0, 0.1) is 6.92 Å². The predicted octanol–water partition coefficient (Wildman–Crippen LogP) is 2.12. The molecule has 1 aromatic carbocycles. The van der Waals surface area contributed by atoms with Gasteiger partial charge in [-0.3, -0.25) is 9.59 Å². The second kappa shape index (κ2) is 8.15. The number of nitrogens with two attached hydrogens (primary N) is 1. The number of carbonyl (C=O) groups excluding carboxylic acids is 2. The van der Waals surface area contributed by atoms with Crippen molar-refractivity contribution < 1.29 is 9.59 Å². The quantitative estimate of drug-likeness (QED) is 0.774. The van der Waals surface area contributed by atoms with E-state index in [2.05, 4.69) is 0 Å². The highest BCUT2D eigenvalue weighted by Crippen LogP contribution is 2.06. The number of hydrogen-bond acceptors (Lipinski definition) is 2. The van der Waals surface area contributed by atoms with E-state index >= 15 is 0 Å². The van der Waals surface area contributed by atoms with Gasteiger partial charge in [-0.15, -0.1) is 0 Å². The van der Waals surface area contributed by atoms with E-state index in [1.54, 1.807) is 6.08 Å². The van der Waals surface area contributed by atoms with E-state index in [-0.39, 0.29) is 12.5 Å². The van der Waals surface area contributed by atoms with Crippen molar-refractivity contribution in [2.24, 2.45) is 5.73 Å². The third-order valence-corrected chi connectivity index (χ3v) is 2.90. The Morgan fingerprint density at radius 3 is 2.70 bits per heavy atom. The van der Waals surface area contributed by atoms with Crippen LogP contribution in [-0.2, 0) is 9.59 Å². The maximum Gasteiger partial charge on any atom is 0.247 e. The molecule has 0 aliphatic carbocycles. The molecular weight excluding hydrogens is 252 g/mol. The number of unbranched alkanes of at least 4 members (excludes halogenated alkanes) is 1. The summed E-state index contributed by atoms with van der Waals surface area (Å²) >= 11 is 0. The highest BCUT2D eigenvalue weighted by Gasteiger charge is 2.12. The van der Waals surface area contributed by atoms with Gasteiger partial charge in [0.15, 0.2) is 0 Å². The zero-order valence-electron chi connectivity index (χ0n) is 12.1. The summed E-state index contributed by atoms with van der Waals surface area (Å²) in [5.41, 5.74) is 7.28. The molecule has 0 saturated carbocycles. The van der Waals surface area contributed by atoms with Gasteiger partial charge in [-0.1, -0.05) is 43.2 Å². The number of aryl methyl sites for hydroxylation is 1. The van der Waals surface area contributed by atoms with Crippen molar-refractivity contribution in [3.05, 3.63) is 41.5 Å². The molecule has 0 atom stereocenters. The average molecular weight is 274 g/mol. The monoisotopic (exact) mass is 274 g/mol. The first kappa shape index (κ1) is 16.0. The highest BCUT2D eigenvalue weighted by atomic mass is 16.2. The van der Waals surface area contributed by atoms with Crippen LogP contribution in [0.3, 0.4) is 0 Å². The van der Waals surface area contributed by atoms with Crippen molar-refractivity contribution >= 4 is 17.9 Å². The second-order valence-corrected chi connectivity index (χ2v) is 4.83. The summed E-state index contributed by atoms with van der Waals surface area (Å²) in [5.74, 6) is -0.669. The molecule has 0 aliphatic heterocycles. The third kappa shape index (κ3) is 5.69.